The molecule has 0 saturated heterocycles. The first-order valence-corrected chi connectivity index (χ1v) is 5.54. The van der Waals surface area contributed by atoms with Crippen LogP contribution in [0.5, 0.6) is 5.75 Å². The molecule has 0 heterocycles. The average Bonchev–Trinajstić information content (AvgIpc) is 2.27. The van der Waals surface area contributed by atoms with Gasteiger partial charge in [-0.2, -0.15) is 5.48 Å². The molecule has 1 aromatic rings. The van der Waals surface area contributed by atoms with Gasteiger partial charge in [0.2, 0.25) is 0 Å². The van der Waals surface area contributed by atoms with E-state index in [1.807, 2.05) is 6.92 Å². The largest absolute Gasteiger partial charge is 0.376 e. The van der Waals surface area contributed by atoms with Gasteiger partial charge >= 0.3 is 6.03 Å². The van der Waals surface area contributed by atoms with Crippen LogP contribution >= 0.6 is 23.2 Å². The van der Waals surface area contributed by atoms with Crippen LogP contribution in [0.3, 0.4) is 0 Å². The van der Waals surface area contributed by atoms with Crippen molar-refractivity contribution in [3.05, 3.63) is 28.2 Å². The summed E-state index contributed by atoms with van der Waals surface area (Å²) in [6.45, 7) is 2.54. The standard InChI is InChI=1S/C10H12Cl2N2O2/c1-2-5-13-10(15)14-16-9-6-7(11)3-4-8(9)12/h3-4,6H,2,5H2,1H3,(H2,13,14,15). The quantitative estimate of drug-likeness (QED) is 0.820. The van der Waals surface area contributed by atoms with Gasteiger partial charge in [0.25, 0.3) is 0 Å². The zero-order valence-corrected chi connectivity index (χ0v) is 10.2. The SMILES string of the molecule is CCCNC(=O)NOc1cc(Cl)ccc1Cl. The summed E-state index contributed by atoms with van der Waals surface area (Å²) >= 11 is 11.6. The van der Waals surface area contributed by atoms with Gasteiger partial charge in [-0.25, -0.2) is 4.79 Å². The van der Waals surface area contributed by atoms with Gasteiger partial charge in [-0.15, -0.1) is 0 Å². The fourth-order valence-corrected chi connectivity index (χ4v) is 1.25. The van der Waals surface area contributed by atoms with E-state index in [9.17, 15) is 4.79 Å². The van der Waals surface area contributed by atoms with Gasteiger partial charge in [-0.1, -0.05) is 30.1 Å². The maximum Gasteiger partial charge on any atom is 0.347 e. The second-order valence-electron chi connectivity index (χ2n) is 3.03. The molecule has 88 valence electrons. The van der Waals surface area contributed by atoms with E-state index in [0.29, 0.717) is 22.3 Å². The molecule has 2 N–H and O–H groups in total. The predicted molar refractivity (Wildman–Crippen MR) is 63.9 cm³/mol. The summed E-state index contributed by atoms with van der Waals surface area (Å²) in [4.78, 5) is 16.1. The topological polar surface area (TPSA) is 50.4 Å². The van der Waals surface area contributed by atoms with Crippen LogP contribution in [0, 0.1) is 0 Å². The monoisotopic (exact) mass is 262 g/mol. The van der Waals surface area contributed by atoms with E-state index in [0.717, 1.165) is 6.42 Å². The summed E-state index contributed by atoms with van der Waals surface area (Å²) in [7, 11) is 0. The van der Waals surface area contributed by atoms with E-state index in [4.69, 9.17) is 28.0 Å². The molecular weight excluding hydrogens is 251 g/mol. The lowest BCUT2D eigenvalue weighted by molar-refractivity contribution is 0.178. The Morgan fingerprint density at radius 1 is 1.44 bits per heavy atom. The number of urea groups is 1. The summed E-state index contributed by atoms with van der Waals surface area (Å²) in [6, 6.07) is 4.32. The van der Waals surface area contributed by atoms with Crippen molar-refractivity contribution in [1.29, 1.82) is 0 Å². The van der Waals surface area contributed by atoms with Gasteiger partial charge in [0, 0.05) is 17.6 Å². The van der Waals surface area contributed by atoms with Crippen LogP contribution in [0.2, 0.25) is 10.0 Å². The minimum atomic E-state index is -0.419. The molecule has 0 spiro atoms. The van der Waals surface area contributed by atoms with Crippen molar-refractivity contribution in [2.75, 3.05) is 6.54 Å². The molecule has 1 aromatic carbocycles. The number of hydroxylamine groups is 1. The molecule has 0 aliphatic rings. The molecule has 16 heavy (non-hydrogen) atoms. The van der Waals surface area contributed by atoms with Crippen LogP contribution in [-0.4, -0.2) is 12.6 Å². The van der Waals surface area contributed by atoms with Crippen molar-refractivity contribution in [2.24, 2.45) is 0 Å². The summed E-state index contributed by atoms with van der Waals surface area (Å²) < 4.78 is 0. The highest BCUT2D eigenvalue weighted by molar-refractivity contribution is 6.34. The summed E-state index contributed by atoms with van der Waals surface area (Å²) in [5, 5.41) is 3.44. The number of carbonyl (C=O) groups is 1. The number of rotatable bonds is 4. The van der Waals surface area contributed by atoms with Crippen molar-refractivity contribution in [1.82, 2.24) is 10.8 Å². The number of hydrogen-bond donors (Lipinski definition) is 2. The zero-order chi connectivity index (χ0) is 12.0. The first-order valence-electron chi connectivity index (χ1n) is 4.79. The lowest BCUT2D eigenvalue weighted by atomic mass is 10.3. The number of benzene rings is 1. The molecule has 0 bridgehead atoms. The molecule has 0 saturated carbocycles. The second kappa shape index (κ2) is 6.45. The number of carbonyl (C=O) groups excluding carboxylic acids is 1. The molecule has 0 radical (unpaired) electrons. The molecular formula is C10H12Cl2N2O2. The Hall–Kier alpha value is -1.13. The van der Waals surface area contributed by atoms with Crippen molar-refractivity contribution in [2.45, 2.75) is 13.3 Å². The Kier molecular flexibility index (Phi) is 5.22. The van der Waals surface area contributed by atoms with E-state index in [1.54, 1.807) is 12.1 Å². The molecule has 0 aliphatic heterocycles. The fraction of sp³-hybridized carbons (Fsp3) is 0.300. The van der Waals surface area contributed by atoms with Crippen molar-refractivity contribution in [3.63, 3.8) is 0 Å². The Morgan fingerprint density at radius 3 is 2.88 bits per heavy atom. The Bertz CT molecular complexity index is 372. The van der Waals surface area contributed by atoms with E-state index < -0.39 is 6.03 Å². The smallest absolute Gasteiger partial charge is 0.347 e. The summed E-state index contributed by atoms with van der Waals surface area (Å²) in [5.74, 6) is 0.306. The number of hydrogen-bond acceptors (Lipinski definition) is 2. The highest BCUT2D eigenvalue weighted by atomic mass is 35.5. The molecule has 0 aromatic heterocycles. The highest BCUT2D eigenvalue weighted by Gasteiger charge is 2.05. The van der Waals surface area contributed by atoms with Gasteiger partial charge in [0.1, 0.15) is 0 Å². The van der Waals surface area contributed by atoms with Crippen LogP contribution < -0.4 is 15.6 Å². The van der Waals surface area contributed by atoms with Crippen LogP contribution in [0.25, 0.3) is 0 Å². The fourth-order valence-electron chi connectivity index (χ4n) is 0.931. The molecule has 1 rings (SSSR count). The van der Waals surface area contributed by atoms with E-state index in [-0.39, 0.29) is 0 Å². The summed E-state index contributed by atoms with van der Waals surface area (Å²) in [5.41, 5.74) is 2.21. The average molecular weight is 263 g/mol. The lowest BCUT2D eigenvalue weighted by Gasteiger charge is -2.09. The predicted octanol–water partition coefficient (Wildman–Crippen LogP) is 3.00. The number of nitrogens with one attached hydrogen (secondary N) is 2. The maximum atomic E-state index is 11.1. The summed E-state index contributed by atoms with van der Waals surface area (Å²) in [6.07, 6.45) is 0.853. The molecule has 6 heteroatoms. The third kappa shape index (κ3) is 4.16. The zero-order valence-electron chi connectivity index (χ0n) is 8.72. The molecule has 0 fully saturated rings. The van der Waals surface area contributed by atoms with Gasteiger partial charge in [-0.3, -0.25) is 0 Å². The van der Waals surface area contributed by atoms with E-state index in [1.165, 1.54) is 6.07 Å². The van der Waals surface area contributed by atoms with Crippen LogP contribution in [0.4, 0.5) is 4.79 Å². The minimum Gasteiger partial charge on any atom is -0.376 e. The van der Waals surface area contributed by atoms with Crippen LogP contribution in [0.1, 0.15) is 13.3 Å². The van der Waals surface area contributed by atoms with Crippen molar-refractivity contribution >= 4 is 29.2 Å². The molecule has 0 aliphatic carbocycles. The first-order chi connectivity index (χ1) is 7.63. The van der Waals surface area contributed by atoms with Gasteiger partial charge < -0.3 is 10.2 Å². The van der Waals surface area contributed by atoms with Crippen LogP contribution in [0.15, 0.2) is 18.2 Å². The van der Waals surface area contributed by atoms with Crippen molar-refractivity contribution < 1.29 is 9.63 Å². The number of halogens is 2. The van der Waals surface area contributed by atoms with Gasteiger partial charge in [0.05, 0.1) is 5.02 Å². The normalized spacial score (nSPS) is 9.69. The second-order valence-corrected chi connectivity index (χ2v) is 3.88. The van der Waals surface area contributed by atoms with Crippen molar-refractivity contribution in [3.8, 4) is 5.75 Å². The molecule has 0 atom stereocenters. The van der Waals surface area contributed by atoms with Crippen LogP contribution in [-0.2, 0) is 0 Å². The third-order valence-electron chi connectivity index (χ3n) is 1.68. The molecule has 0 unspecified atom stereocenters. The Labute approximate surface area is 104 Å². The lowest BCUT2D eigenvalue weighted by Crippen LogP contribution is -2.37. The maximum absolute atomic E-state index is 11.1. The molecule has 2 amide bonds. The van der Waals surface area contributed by atoms with Gasteiger partial charge in [-0.05, 0) is 18.6 Å². The van der Waals surface area contributed by atoms with Gasteiger partial charge in [0.15, 0.2) is 5.75 Å². The minimum absolute atomic E-state index is 0.306. The number of amides is 2. The molecule has 4 nitrogen and oxygen atoms in total. The highest BCUT2D eigenvalue weighted by Crippen LogP contribution is 2.26. The van der Waals surface area contributed by atoms with E-state index >= 15 is 0 Å². The Morgan fingerprint density at radius 2 is 2.19 bits per heavy atom. The van der Waals surface area contributed by atoms with E-state index in [2.05, 4.69) is 10.8 Å². The first kappa shape index (κ1) is 12.9. The third-order valence-corrected chi connectivity index (χ3v) is 2.23. The Balaban J connectivity index is 2.47.